The predicted molar refractivity (Wildman–Crippen MR) is 95.9 cm³/mol. The Labute approximate surface area is 147 Å². The summed E-state index contributed by atoms with van der Waals surface area (Å²) in [5.41, 5.74) is 7.43. The third kappa shape index (κ3) is 3.92. The van der Waals surface area contributed by atoms with Gasteiger partial charge in [-0.25, -0.2) is 9.78 Å². The Kier molecular flexibility index (Phi) is 5.21. The SMILES string of the molecule is Cn1c(CCCNC(=O)[C@H]2CCCN(C(N)=O)C2)nc2ccccc21. The van der Waals surface area contributed by atoms with Gasteiger partial charge >= 0.3 is 6.03 Å². The summed E-state index contributed by atoms with van der Waals surface area (Å²) in [5.74, 6) is 0.876. The van der Waals surface area contributed by atoms with E-state index in [0.717, 1.165) is 42.5 Å². The molecular formula is C18H25N5O2. The minimum Gasteiger partial charge on any atom is -0.356 e. The fraction of sp³-hybridized carbons (Fsp3) is 0.500. The van der Waals surface area contributed by atoms with Crippen molar-refractivity contribution in [1.29, 1.82) is 0 Å². The molecule has 2 heterocycles. The second-order valence-electron chi connectivity index (χ2n) is 6.59. The van der Waals surface area contributed by atoms with Gasteiger partial charge in [0.05, 0.1) is 17.0 Å². The smallest absolute Gasteiger partial charge is 0.314 e. The first kappa shape index (κ1) is 17.3. The average molecular weight is 343 g/mol. The van der Waals surface area contributed by atoms with Crippen molar-refractivity contribution >= 4 is 23.0 Å². The average Bonchev–Trinajstić information content (AvgIpc) is 2.95. The number of piperidine rings is 1. The summed E-state index contributed by atoms with van der Waals surface area (Å²) in [4.78, 5) is 29.7. The van der Waals surface area contributed by atoms with Gasteiger partial charge in [0, 0.05) is 33.1 Å². The number of nitrogens with one attached hydrogen (secondary N) is 1. The van der Waals surface area contributed by atoms with E-state index in [4.69, 9.17) is 5.73 Å². The fourth-order valence-corrected chi connectivity index (χ4v) is 3.41. The molecule has 1 aliphatic rings. The molecule has 0 unspecified atom stereocenters. The summed E-state index contributed by atoms with van der Waals surface area (Å²) in [7, 11) is 2.02. The van der Waals surface area contributed by atoms with Crippen LogP contribution in [-0.4, -0.2) is 46.0 Å². The number of hydrogen-bond donors (Lipinski definition) is 2. The number of urea groups is 1. The van der Waals surface area contributed by atoms with Gasteiger partial charge in [0.15, 0.2) is 0 Å². The molecular weight excluding hydrogens is 318 g/mol. The number of carbonyl (C=O) groups excluding carboxylic acids is 2. The van der Waals surface area contributed by atoms with Crippen LogP contribution in [0.3, 0.4) is 0 Å². The van der Waals surface area contributed by atoms with Gasteiger partial charge in [-0.2, -0.15) is 0 Å². The molecule has 7 nitrogen and oxygen atoms in total. The van der Waals surface area contributed by atoms with Crippen LogP contribution in [0.15, 0.2) is 24.3 Å². The number of benzene rings is 1. The topological polar surface area (TPSA) is 93.3 Å². The third-order valence-electron chi connectivity index (χ3n) is 4.86. The molecule has 1 saturated heterocycles. The molecule has 1 aromatic heterocycles. The Morgan fingerprint density at radius 3 is 2.92 bits per heavy atom. The largest absolute Gasteiger partial charge is 0.356 e. The van der Waals surface area contributed by atoms with Crippen LogP contribution < -0.4 is 11.1 Å². The first-order chi connectivity index (χ1) is 12.1. The van der Waals surface area contributed by atoms with Gasteiger partial charge < -0.3 is 20.5 Å². The monoisotopic (exact) mass is 343 g/mol. The molecule has 134 valence electrons. The lowest BCUT2D eigenvalue weighted by atomic mass is 9.97. The summed E-state index contributed by atoms with van der Waals surface area (Å²) in [6.07, 6.45) is 3.26. The number of hydrogen-bond acceptors (Lipinski definition) is 3. The molecule has 0 saturated carbocycles. The normalized spacial score (nSPS) is 17.6. The van der Waals surface area contributed by atoms with Crippen LogP contribution in [0, 0.1) is 5.92 Å². The van der Waals surface area contributed by atoms with Crippen LogP contribution in [-0.2, 0) is 18.3 Å². The molecule has 25 heavy (non-hydrogen) atoms. The van der Waals surface area contributed by atoms with Gasteiger partial charge in [-0.15, -0.1) is 0 Å². The number of para-hydroxylation sites is 2. The van der Waals surface area contributed by atoms with E-state index in [1.807, 2.05) is 25.2 Å². The number of aromatic nitrogens is 2. The van der Waals surface area contributed by atoms with E-state index in [2.05, 4.69) is 20.9 Å². The van der Waals surface area contributed by atoms with E-state index in [0.29, 0.717) is 19.6 Å². The summed E-state index contributed by atoms with van der Waals surface area (Å²) in [6.45, 7) is 1.67. The first-order valence-electron chi connectivity index (χ1n) is 8.78. The van der Waals surface area contributed by atoms with Crippen molar-refractivity contribution in [3.63, 3.8) is 0 Å². The zero-order valence-corrected chi connectivity index (χ0v) is 14.6. The molecule has 0 radical (unpaired) electrons. The summed E-state index contributed by atoms with van der Waals surface area (Å²) in [6, 6.07) is 7.61. The molecule has 0 aliphatic carbocycles. The lowest BCUT2D eigenvalue weighted by Gasteiger charge is -2.30. The van der Waals surface area contributed by atoms with Crippen molar-refractivity contribution < 1.29 is 9.59 Å². The molecule has 1 aliphatic heterocycles. The summed E-state index contributed by atoms with van der Waals surface area (Å²) >= 11 is 0. The quantitative estimate of drug-likeness (QED) is 0.804. The standard InChI is InChI=1S/C18H25N5O2/c1-22-15-8-3-2-7-14(15)21-16(22)9-4-10-20-17(24)13-6-5-11-23(12-13)18(19)25/h2-3,7-8,13H,4-6,9-12H2,1H3,(H2,19,25)(H,20,24)/t13-/m0/s1. The minimum absolute atomic E-state index is 0.0101. The van der Waals surface area contributed by atoms with Gasteiger partial charge in [0.25, 0.3) is 0 Å². The molecule has 0 bridgehead atoms. The Bertz CT molecular complexity index is 770. The second-order valence-corrected chi connectivity index (χ2v) is 6.59. The Morgan fingerprint density at radius 1 is 1.36 bits per heavy atom. The fourth-order valence-electron chi connectivity index (χ4n) is 3.41. The number of carbonyl (C=O) groups is 2. The lowest BCUT2D eigenvalue weighted by Crippen LogP contribution is -2.47. The van der Waals surface area contributed by atoms with E-state index in [9.17, 15) is 9.59 Å². The maximum atomic E-state index is 12.3. The lowest BCUT2D eigenvalue weighted by molar-refractivity contribution is -0.126. The predicted octanol–water partition coefficient (Wildman–Crippen LogP) is 1.41. The van der Waals surface area contributed by atoms with Crippen molar-refractivity contribution in [2.24, 2.45) is 18.7 Å². The number of amides is 3. The van der Waals surface area contributed by atoms with Crippen LogP contribution in [0.25, 0.3) is 11.0 Å². The number of likely N-dealkylation sites (tertiary alicyclic amines) is 1. The van der Waals surface area contributed by atoms with E-state index >= 15 is 0 Å². The minimum atomic E-state index is -0.445. The highest BCUT2D eigenvalue weighted by Crippen LogP contribution is 2.17. The number of rotatable bonds is 5. The molecule has 2 aromatic rings. The number of primary amides is 1. The number of nitrogens with two attached hydrogens (primary N) is 1. The van der Waals surface area contributed by atoms with Crippen LogP contribution in [0.1, 0.15) is 25.1 Å². The van der Waals surface area contributed by atoms with Crippen LogP contribution in [0.4, 0.5) is 4.79 Å². The molecule has 0 spiro atoms. The van der Waals surface area contributed by atoms with E-state index < -0.39 is 6.03 Å². The van der Waals surface area contributed by atoms with Crippen molar-refractivity contribution in [3.8, 4) is 0 Å². The number of fused-ring (bicyclic) bond motifs is 1. The second kappa shape index (κ2) is 7.55. The highest BCUT2D eigenvalue weighted by Gasteiger charge is 2.27. The van der Waals surface area contributed by atoms with Crippen molar-refractivity contribution in [3.05, 3.63) is 30.1 Å². The molecule has 1 atom stereocenters. The highest BCUT2D eigenvalue weighted by atomic mass is 16.2. The van der Waals surface area contributed by atoms with Gasteiger partial charge in [-0.1, -0.05) is 12.1 Å². The van der Waals surface area contributed by atoms with Crippen molar-refractivity contribution in [1.82, 2.24) is 19.8 Å². The van der Waals surface area contributed by atoms with Crippen LogP contribution in [0.5, 0.6) is 0 Å². The van der Waals surface area contributed by atoms with Gasteiger partial charge in [0.1, 0.15) is 5.82 Å². The maximum absolute atomic E-state index is 12.3. The van der Waals surface area contributed by atoms with Crippen LogP contribution in [0.2, 0.25) is 0 Å². The Balaban J connectivity index is 1.47. The van der Waals surface area contributed by atoms with E-state index in [1.165, 1.54) is 0 Å². The number of imidazole rings is 1. The summed E-state index contributed by atoms with van der Waals surface area (Å²) in [5, 5.41) is 2.98. The van der Waals surface area contributed by atoms with Crippen molar-refractivity contribution in [2.75, 3.05) is 19.6 Å². The molecule has 3 N–H and O–H groups in total. The number of aryl methyl sites for hydroxylation is 2. The van der Waals surface area contributed by atoms with E-state index in [1.54, 1.807) is 4.90 Å². The third-order valence-corrected chi connectivity index (χ3v) is 4.86. The molecule has 1 fully saturated rings. The van der Waals surface area contributed by atoms with Gasteiger partial charge in [-0.05, 0) is 31.4 Å². The molecule has 1 aromatic carbocycles. The van der Waals surface area contributed by atoms with Gasteiger partial charge in [-0.3, -0.25) is 4.79 Å². The van der Waals surface area contributed by atoms with E-state index in [-0.39, 0.29) is 11.8 Å². The highest BCUT2D eigenvalue weighted by molar-refractivity contribution is 5.80. The molecule has 3 rings (SSSR count). The maximum Gasteiger partial charge on any atom is 0.314 e. The molecule has 7 heteroatoms. The Morgan fingerprint density at radius 2 is 2.16 bits per heavy atom. The summed E-state index contributed by atoms with van der Waals surface area (Å²) < 4.78 is 2.10. The Hall–Kier alpha value is -2.57. The number of nitrogens with zero attached hydrogens (tertiary/aromatic N) is 3. The first-order valence-corrected chi connectivity index (χ1v) is 8.78. The zero-order valence-electron chi connectivity index (χ0n) is 14.6. The van der Waals surface area contributed by atoms with Crippen molar-refractivity contribution in [2.45, 2.75) is 25.7 Å². The zero-order chi connectivity index (χ0) is 17.8. The molecule has 3 amide bonds. The van der Waals surface area contributed by atoms with Gasteiger partial charge in [0.2, 0.25) is 5.91 Å². The van der Waals surface area contributed by atoms with Crippen LogP contribution >= 0.6 is 0 Å².